The second-order valence-electron chi connectivity index (χ2n) is 4.30. The Morgan fingerprint density at radius 1 is 1.10 bits per heavy atom. The largest absolute Gasteiger partial charge is 0.356 e. The number of quaternary nitrogens is 1. The molecule has 106 valence electrons. The lowest BCUT2D eigenvalue weighted by atomic mass is 10.1. The molecular weight excluding hydrogens is 301 g/mol. The SMILES string of the molecule is [NH3+]C[C@@H](c1ccccc1F)S(=O)(=O)c1ccc(Cl)cc1. The molecule has 0 amide bonds. The van der Waals surface area contributed by atoms with Gasteiger partial charge in [-0.05, 0) is 30.3 Å². The van der Waals surface area contributed by atoms with Gasteiger partial charge in [-0.15, -0.1) is 0 Å². The summed E-state index contributed by atoms with van der Waals surface area (Å²) in [5.41, 5.74) is 3.78. The van der Waals surface area contributed by atoms with Crippen LogP contribution >= 0.6 is 11.6 Å². The van der Waals surface area contributed by atoms with Crippen molar-refractivity contribution in [3.63, 3.8) is 0 Å². The number of halogens is 2. The molecule has 3 nitrogen and oxygen atoms in total. The highest BCUT2D eigenvalue weighted by Gasteiger charge is 2.31. The first-order valence-corrected chi connectivity index (χ1v) is 7.92. The normalized spacial score (nSPS) is 13.2. The van der Waals surface area contributed by atoms with Gasteiger partial charge in [0.15, 0.2) is 9.84 Å². The quantitative estimate of drug-likeness (QED) is 0.940. The summed E-state index contributed by atoms with van der Waals surface area (Å²) in [6.07, 6.45) is 0. The Hall–Kier alpha value is -1.43. The third kappa shape index (κ3) is 2.85. The second kappa shape index (κ2) is 5.91. The van der Waals surface area contributed by atoms with E-state index in [2.05, 4.69) is 5.73 Å². The Morgan fingerprint density at radius 3 is 2.25 bits per heavy atom. The molecule has 0 bridgehead atoms. The molecule has 2 aromatic rings. The van der Waals surface area contributed by atoms with Gasteiger partial charge in [-0.3, -0.25) is 0 Å². The first-order valence-electron chi connectivity index (χ1n) is 6.00. The minimum atomic E-state index is -3.70. The van der Waals surface area contributed by atoms with Gasteiger partial charge in [-0.1, -0.05) is 29.8 Å². The predicted octanol–water partition coefficient (Wildman–Crippen LogP) is 2.24. The van der Waals surface area contributed by atoms with Gasteiger partial charge in [0.05, 0.1) is 11.4 Å². The van der Waals surface area contributed by atoms with Crippen LogP contribution in [0.25, 0.3) is 0 Å². The molecular formula is C14H14ClFNO2S+. The van der Waals surface area contributed by atoms with E-state index >= 15 is 0 Å². The molecule has 6 heteroatoms. The van der Waals surface area contributed by atoms with Crippen molar-refractivity contribution < 1.29 is 18.5 Å². The molecule has 0 aliphatic carbocycles. The number of sulfone groups is 1. The van der Waals surface area contributed by atoms with Crippen molar-refractivity contribution in [3.05, 3.63) is 64.9 Å². The smallest absolute Gasteiger partial charge is 0.191 e. The second-order valence-corrected chi connectivity index (χ2v) is 6.86. The van der Waals surface area contributed by atoms with Crippen molar-refractivity contribution in [2.24, 2.45) is 0 Å². The third-order valence-electron chi connectivity index (χ3n) is 3.03. The summed E-state index contributed by atoms with van der Waals surface area (Å²) in [7, 11) is -3.70. The summed E-state index contributed by atoms with van der Waals surface area (Å²) in [4.78, 5) is 0.110. The van der Waals surface area contributed by atoms with Gasteiger partial charge in [0, 0.05) is 10.6 Å². The highest BCUT2D eigenvalue weighted by molar-refractivity contribution is 7.91. The standard InChI is InChI=1S/C14H13ClFNO2S/c15-10-5-7-11(8-6-10)20(18,19)14(9-17)12-3-1-2-4-13(12)16/h1-8,14H,9,17H2/p+1/t14-/m0/s1. The Balaban J connectivity index is 2.51. The van der Waals surface area contributed by atoms with Crippen LogP contribution in [0.4, 0.5) is 4.39 Å². The summed E-state index contributed by atoms with van der Waals surface area (Å²) in [5.74, 6) is -0.543. The fourth-order valence-corrected chi connectivity index (χ4v) is 3.81. The number of rotatable bonds is 4. The number of hydrogen-bond donors (Lipinski definition) is 1. The molecule has 0 aliphatic heterocycles. The van der Waals surface area contributed by atoms with Crippen LogP contribution in [0.2, 0.25) is 5.02 Å². The molecule has 20 heavy (non-hydrogen) atoms. The van der Waals surface area contributed by atoms with Crippen molar-refractivity contribution >= 4 is 21.4 Å². The zero-order chi connectivity index (χ0) is 14.8. The zero-order valence-corrected chi connectivity index (χ0v) is 12.2. The van der Waals surface area contributed by atoms with Gasteiger partial charge >= 0.3 is 0 Å². The number of hydrogen-bond acceptors (Lipinski definition) is 2. The summed E-state index contributed by atoms with van der Waals surface area (Å²) >= 11 is 5.75. The van der Waals surface area contributed by atoms with E-state index in [0.29, 0.717) is 5.02 Å². The predicted molar refractivity (Wildman–Crippen MR) is 75.5 cm³/mol. The molecule has 0 radical (unpaired) electrons. The van der Waals surface area contributed by atoms with E-state index < -0.39 is 20.9 Å². The topological polar surface area (TPSA) is 61.8 Å². The molecule has 0 fully saturated rings. The lowest BCUT2D eigenvalue weighted by Gasteiger charge is -2.15. The highest BCUT2D eigenvalue weighted by Crippen LogP contribution is 2.29. The van der Waals surface area contributed by atoms with Crippen molar-refractivity contribution in [3.8, 4) is 0 Å². The Kier molecular flexibility index (Phi) is 4.42. The third-order valence-corrected chi connectivity index (χ3v) is 5.45. The lowest BCUT2D eigenvalue weighted by molar-refractivity contribution is -0.367. The molecule has 0 heterocycles. The first kappa shape index (κ1) is 15.0. The van der Waals surface area contributed by atoms with Crippen molar-refractivity contribution in [2.75, 3.05) is 6.54 Å². The van der Waals surface area contributed by atoms with Crippen LogP contribution < -0.4 is 5.73 Å². The average molecular weight is 315 g/mol. The van der Waals surface area contributed by atoms with Crippen molar-refractivity contribution in [1.29, 1.82) is 0 Å². The van der Waals surface area contributed by atoms with E-state index in [-0.39, 0.29) is 17.0 Å². The van der Waals surface area contributed by atoms with Gasteiger partial charge in [-0.2, -0.15) is 0 Å². The minimum Gasteiger partial charge on any atom is -0.356 e. The van der Waals surface area contributed by atoms with Crippen molar-refractivity contribution in [1.82, 2.24) is 0 Å². The van der Waals surface area contributed by atoms with Crippen LogP contribution in [-0.4, -0.2) is 15.0 Å². The first-order chi connectivity index (χ1) is 9.46. The van der Waals surface area contributed by atoms with Gasteiger partial charge in [0.2, 0.25) is 0 Å². The Bertz CT molecular complexity index is 701. The van der Waals surface area contributed by atoms with Crippen molar-refractivity contribution in [2.45, 2.75) is 10.1 Å². The van der Waals surface area contributed by atoms with E-state index in [1.807, 2.05) is 0 Å². The van der Waals surface area contributed by atoms with Crippen LogP contribution in [0.5, 0.6) is 0 Å². The highest BCUT2D eigenvalue weighted by atomic mass is 35.5. The van der Waals surface area contributed by atoms with Crippen LogP contribution in [0.15, 0.2) is 53.4 Å². The van der Waals surface area contributed by atoms with Crippen LogP contribution in [0.3, 0.4) is 0 Å². The van der Waals surface area contributed by atoms with E-state index in [0.717, 1.165) is 0 Å². The monoisotopic (exact) mass is 314 g/mol. The molecule has 2 aromatic carbocycles. The maximum Gasteiger partial charge on any atom is 0.191 e. The molecule has 0 saturated heterocycles. The minimum absolute atomic E-state index is 0.0475. The lowest BCUT2D eigenvalue weighted by Crippen LogP contribution is -2.54. The molecule has 3 N–H and O–H groups in total. The molecule has 0 spiro atoms. The Labute approximate surface area is 122 Å². The molecule has 0 unspecified atom stereocenters. The molecule has 2 rings (SSSR count). The summed E-state index contributed by atoms with van der Waals surface area (Å²) < 4.78 is 39.0. The maximum absolute atomic E-state index is 13.8. The van der Waals surface area contributed by atoms with Gasteiger partial charge in [-0.25, -0.2) is 12.8 Å². The summed E-state index contributed by atoms with van der Waals surface area (Å²) in [5, 5.41) is -0.564. The molecule has 1 atom stereocenters. The number of benzene rings is 2. The van der Waals surface area contributed by atoms with Gasteiger partial charge in [0.1, 0.15) is 11.1 Å². The molecule has 0 saturated carbocycles. The van der Waals surface area contributed by atoms with Crippen LogP contribution in [0, 0.1) is 5.82 Å². The van der Waals surface area contributed by atoms with E-state index in [9.17, 15) is 12.8 Å². The molecule has 0 aromatic heterocycles. The van der Waals surface area contributed by atoms with E-state index in [1.165, 1.54) is 42.5 Å². The van der Waals surface area contributed by atoms with E-state index in [4.69, 9.17) is 11.6 Å². The van der Waals surface area contributed by atoms with Crippen LogP contribution in [-0.2, 0) is 9.84 Å². The van der Waals surface area contributed by atoms with E-state index in [1.54, 1.807) is 6.07 Å². The van der Waals surface area contributed by atoms with Crippen LogP contribution in [0.1, 0.15) is 10.8 Å². The van der Waals surface area contributed by atoms with Gasteiger partial charge < -0.3 is 5.73 Å². The average Bonchev–Trinajstić information content (AvgIpc) is 2.42. The fraction of sp³-hybridized carbons (Fsp3) is 0.143. The zero-order valence-electron chi connectivity index (χ0n) is 10.6. The fourth-order valence-electron chi connectivity index (χ4n) is 2.00. The van der Waals surface area contributed by atoms with Gasteiger partial charge in [0.25, 0.3) is 0 Å². The molecule has 0 aliphatic rings. The summed E-state index contributed by atoms with van der Waals surface area (Å²) in [6.45, 7) is 0.0475. The Morgan fingerprint density at radius 2 is 1.70 bits per heavy atom. The summed E-state index contributed by atoms with van der Waals surface area (Å²) in [6, 6.07) is 11.7. The maximum atomic E-state index is 13.8.